The number of nitriles is 1. The van der Waals surface area contributed by atoms with Crippen molar-refractivity contribution >= 4 is 16.9 Å². The van der Waals surface area contributed by atoms with Gasteiger partial charge in [0.05, 0.1) is 22.7 Å². The number of nitrogen functional groups attached to an aromatic ring is 1. The number of fused-ring (bicyclic) bond motifs is 1. The summed E-state index contributed by atoms with van der Waals surface area (Å²) in [7, 11) is 0. The average molecular weight is 277 g/mol. The summed E-state index contributed by atoms with van der Waals surface area (Å²) < 4.78 is 2.04. The summed E-state index contributed by atoms with van der Waals surface area (Å²) in [6.07, 6.45) is 1.47. The van der Waals surface area contributed by atoms with Gasteiger partial charge in [0.15, 0.2) is 5.65 Å². The van der Waals surface area contributed by atoms with E-state index in [2.05, 4.69) is 16.0 Å². The molecule has 104 valence electrons. The molecule has 21 heavy (non-hydrogen) atoms. The third kappa shape index (κ3) is 1.84. The molecule has 0 aliphatic rings. The van der Waals surface area contributed by atoms with Gasteiger partial charge in [-0.2, -0.15) is 5.26 Å². The number of aryl methyl sites for hydroxylation is 2. The van der Waals surface area contributed by atoms with E-state index in [4.69, 9.17) is 11.0 Å². The van der Waals surface area contributed by atoms with E-state index < -0.39 is 0 Å². The lowest BCUT2D eigenvalue weighted by molar-refractivity contribution is 1.00. The van der Waals surface area contributed by atoms with Crippen molar-refractivity contribution in [3.63, 3.8) is 0 Å². The first-order chi connectivity index (χ1) is 10.0. The molecule has 0 aliphatic heterocycles. The van der Waals surface area contributed by atoms with Gasteiger partial charge in [-0.15, -0.1) is 0 Å². The summed E-state index contributed by atoms with van der Waals surface area (Å²) in [6.45, 7) is 6.05. The molecule has 2 aromatic heterocycles. The SMILES string of the molecule is Cc1ccc(C#N)cc1-n1c(C)c(C)c2c(N)ncnc21. The number of hydrogen-bond donors (Lipinski definition) is 1. The van der Waals surface area contributed by atoms with Gasteiger partial charge in [0.25, 0.3) is 0 Å². The summed E-state index contributed by atoms with van der Waals surface area (Å²) in [5.41, 5.74) is 11.5. The first kappa shape index (κ1) is 13.1. The monoisotopic (exact) mass is 277 g/mol. The maximum Gasteiger partial charge on any atom is 0.150 e. The van der Waals surface area contributed by atoms with Gasteiger partial charge in [-0.3, -0.25) is 4.57 Å². The molecule has 0 atom stereocenters. The average Bonchev–Trinajstić information content (AvgIpc) is 2.73. The molecule has 1 aromatic carbocycles. The van der Waals surface area contributed by atoms with E-state index in [-0.39, 0.29) is 0 Å². The lowest BCUT2D eigenvalue weighted by Gasteiger charge is -2.11. The maximum atomic E-state index is 9.13. The zero-order valence-electron chi connectivity index (χ0n) is 12.2. The molecule has 2 N–H and O–H groups in total. The molecular formula is C16H15N5. The second kappa shape index (κ2) is 4.60. The van der Waals surface area contributed by atoms with Gasteiger partial charge in [-0.05, 0) is 44.0 Å². The lowest BCUT2D eigenvalue weighted by Crippen LogP contribution is -2.02. The molecule has 0 saturated carbocycles. The van der Waals surface area contributed by atoms with E-state index in [1.165, 1.54) is 6.33 Å². The summed E-state index contributed by atoms with van der Waals surface area (Å²) in [5.74, 6) is 0.480. The van der Waals surface area contributed by atoms with Crippen molar-refractivity contribution in [2.24, 2.45) is 0 Å². The van der Waals surface area contributed by atoms with Crippen LogP contribution in [0, 0.1) is 32.1 Å². The number of anilines is 1. The highest BCUT2D eigenvalue weighted by atomic mass is 15.1. The Morgan fingerprint density at radius 2 is 1.95 bits per heavy atom. The molecule has 0 radical (unpaired) electrons. The van der Waals surface area contributed by atoms with Crippen molar-refractivity contribution in [1.29, 1.82) is 5.26 Å². The van der Waals surface area contributed by atoms with Crippen molar-refractivity contribution < 1.29 is 0 Å². The summed E-state index contributed by atoms with van der Waals surface area (Å²) in [4.78, 5) is 8.46. The highest BCUT2D eigenvalue weighted by molar-refractivity contribution is 5.92. The van der Waals surface area contributed by atoms with Gasteiger partial charge < -0.3 is 5.73 Å². The minimum Gasteiger partial charge on any atom is -0.383 e. The second-order valence-electron chi connectivity index (χ2n) is 5.12. The minimum atomic E-state index is 0.480. The first-order valence-electron chi connectivity index (χ1n) is 6.63. The van der Waals surface area contributed by atoms with E-state index >= 15 is 0 Å². The zero-order valence-corrected chi connectivity index (χ0v) is 12.2. The normalized spacial score (nSPS) is 10.8. The highest BCUT2D eigenvalue weighted by Gasteiger charge is 2.17. The molecule has 5 nitrogen and oxygen atoms in total. The molecule has 2 heterocycles. The van der Waals surface area contributed by atoms with Crippen LogP contribution in [0.4, 0.5) is 5.82 Å². The molecule has 0 amide bonds. The van der Waals surface area contributed by atoms with E-state index in [0.29, 0.717) is 11.4 Å². The topological polar surface area (TPSA) is 80.5 Å². The fraction of sp³-hybridized carbons (Fsp3) is 0.188. The standard InChI is InChI=1S/C16H15N5/c1-9-4-5-12(7-17)6-13(9)21-11(3)10(2)14-15(18)19-8-20-16(14)21/h4-6,8H,1-3H3,(H2,18,19,20). The summed E-state index contributed by atoms with van der Waals surface area (Å²) >= 11 is 0. The number of nitrogens with zero attached hydrogens (tertiary/aromatic N) is 4. The third-order valence-electron chi connectivity index (χ3n) is 3.90. The van der Waals surface area contributed by atoms with Crippen LogP contribution in [-0.2, 0) is 0 Å². The minimum absolute atomic E-state index is 0.480. The van der Waals surface area contributed by atoms with Crippen molar-refractivity contribution in [3.05, 3.63) is 46.9 Å². The summed E-state index contributed by atoms with van der Waals surface area (Å²) in [5, 5.41) is 10.00. The quantitative estimate of drug-likeness (QED) is 0.741. The number of nitrogens with two attached hydrogens (primary N) is 1. The van der Waals surface area contributed by atoms with Crippen LogP contribution < -0.4 is 5.73 Å². The van der Waals surface area contributed by atoms with Crippen LogP contribution in [0.1, 0.15) is 22.4 Å². The maximum absolute atomic E-state index is 9.13. The Hall–Kier alpha value is -2.87. The molecule has 3 aromatic rings. The Bertz CT molecular complexity index is 899. The van der Waals surface area contributed by atoms with Crippen molar-refractivity contribution in [2.45, 2.75) is 20.8 Å². The Morgan fingerprint density at radius 3 is 2.67 bits per heavy atom. The van der Waals surface area contributed by atoms with E-state index in [1.807, 2.05) is 43.5 Å². The molecule has 3 rings (SSSR count). The Kier molecular flexibility index (Phi) is 2.88. The van der Waals surface area contributed by atoms with Crippen LogP contribution in [0.5, 0.6) is 0 Å². The molecule has 0 saturated heterocycles. The molecule has 0 unspecified atom stereocenters. The lowest BCUT2D eigenvalue weighted by atomic mass is 10.1. The number of rotatable bonds is 1. The molecule has 5 heteroatoms. The number of hydrogen-bond acceptors (Lipinski definition) is 4. The van der Waals surface area contributed by atoms with Crippen LogP contribution in [0.3, 0.4) is 0 Å². The van der Waals surface area contributed by atoms with Gasteiger partial charge in [0.2, 0.25) is 0 Å². The third-order valence-corrected chi connectivity index (χ3v) is 3.90. The van der Waals surface area contributed by atoms with Gasteiger partial charge in [-0.1, -0.05) is 6.07 Å². The Labute approximate surface area is 122 Å². The number of aromatic nitrogens is 3. The summed E-state index contributed by atoms with van der Waals surface area (Å²) in [6, 6.07) is 7.81. The van der Waals surface area contributed by atoms with Crippen LogP contribution in [-0.4, -0.2) is 14.5 Å². The first-order valence-corrected chi connectivity index (χ1v) is 6.63. The van der Waals surface area contributed by atoms with Crippen molar-refractivity contribution in [1.82, 2.24) is 14.5 Å². The number of benzene rings is 1. The molecule has 0 spiro atoms. The molecule has 0 bridgehead atoms. The van der Waals surface area contributed by atoms with E-state index in [1.54, 1.807) is 0 Å². The smallest absolute Gasteiger partial charge is 0.150 e. The molecule has 0 fully saturated rings. The molecule has 0 aliphatic carbocycles. The fourth-order valence-electron chi connectivity index (χ4n) is 2.64. The predicted molar refractivity (Wildman–Crippen MR) is 82.2 cm³/mol. The fourth-order valence-corrected chi connectivity index (χ4v) is 2.64. The van der Waals surface area contributed by atoms with Crippen LogP contribution in [0.15, 0.2) is 24.5 Å². The van der Waals surface area contributed by atoms with Crippen molar-refractivity contribution in [3.8, 4) is 11.8 Å². The van der Waals surface area contributed by atoms with Gasteiger partial charge >= 0.3 is 0 Å². The highest BCUT2D eigenvalue weighted by Crippen LogP contribution is 2.31. The van der Waals surface area contributed by atoms with Gasteiger partial charge in [-0.25, -0.2) is 9.97 Å². The van der Waals surface area contributed by atoms with Gasteiger partial charge in [0, 0.05) is 5.69 Å². The predicted octanol–water partition coefficient (Wildman–Crippen LogP) is 2.80. The largest absolute Gasteiger partial charge is 0.383 e. The van der Waals surface area contributed by atoms with Crippen LogP contribution in [0.2, 0.25) is 0 Å². The van der Waals surface area contributed by atoms with E-state index in [9.17, 15) is 0 Å². The molecular weight excluding hydrogens is 262 g/mol. The van der Waals surface area contributed by atoms with E-state index in [0.717, 1.165) is 33.5 Å². The van der Waals surface area contributed by atoms with Gasteiger partial charge in [0.1, 0.15) is 12.1 Å². The van der Waals surface area contributed by atoms with Crippen LogP contribution >= 0.6 is 0 Å². The van der Waals surface area contributed by atoms with Crippen molar-refractivity contribution in [2.75, 3.05) is 5.73 Å². The Morgan fingerprint density at radius 1 is 1.19 bits per heavy atom. The zero-order chi connectivity index (χ0) is 15.1. The Balaban J connectivity index is 2.44. The van der Waals surface area contributed by atoms with Crippen LogP contribution in [0.25, 0.3) is 16.7 Å². The second-order valence-corrected chi connectivity index (χ2v) is 5.12.